The quantitative estimate of drug-likeness (QED) is 0.369. The molecule has 1 amide bonds. The number of carbonyl (C=O) groups excluding carboxylic acids is 2. The molecule has 0 aliphatic carbocycles. The lowest BCUT2D eigenvalue weighted by Gasteiger charge is -2.17. The normalized spacial score (nSPS) is 11.1. The summed E-state index contributed by atoms with van der Waals surface area (Å²) < 4.78 is 10.4. The van der Waals surface area contributed by atoms with Crippen LogP contribution >= 0.6 is 12.4 Å². The average Bonchev–Trinajstić information content (AvgIpc) is 2.73. The molecule has 30 heavy (non-hydrogen) atoms. The summed E-state index contributed by atoms with van der Waals surface area (Å²) in [6, 6.07) is 12.9. The van der Waals surface area contributed by atoms with E-state index in [0.29, 0.717) is 18.9 Å². The van der Waals surface area contributed by atoms with E-state index in [-0.39, 0.29) is 30.1 Å². The van der Waals surface area contributed by atoms with Crippen LogP contribution in [0.3, 0.4) is 0 Å². The van der Waals surface area contributed by atoms with Crippen LogP contribution in [-0.2, 0) is 16.0 Å². The number of nitrogens with two attached hydrogens (primary N) is 1. The molecule has 0 unspecified atom stereocenters. The van der Waals surface area contributed by atoms with Gasteiger partial charge in [0.1, 0.15) is 17.5 Å². The lowest BCUT2D eigenvalue weighted by molar-refractivity contribution is -0.142. The lowest BCUT2D eigenvalue weighted by Crippen LogP contribution is -2.43. The first-order valence-electron chi connectivity index (χ1n) is 9.63. The number of methoxy groups -OCH3 is 1. The Hall–Kier alpha value is -2.77. The van der Waals surface area contributed by atoms with Crippen LogP contribution in [0.4, 0.5) is 0 Å². The Kier molecular flexibility index (Phi) is 11.3. The number of halogens is 1. The molecule has 2 rings (SSSR count). The summed E-state index contributed by atoms with van der Waals surface area (Å²) in [4.78, 5) is 24.7. The highest BCUT2D eigenvalue weighted by Crippen LogP contribution is 2.24. The summed E-state index contributed by atoms with van der Waals surface area (Å²) in [5.74, 6) is -0.867. The molecule has 4 N–H and O–H groups in total. The Labute approximate surface area is 183 Å². The van der Waals surface area contributed by atoms with E-state index in [1.807, 2.05) is 30.3 Å². The van der Waals surface area contributed by atoms with Gasteiger partial charge in [-0.3, -0.25) is 4.79 Å². The van der Waals surface area contributed by atoms with E-state index in [9.17, 15) is 14.7 Å². The fourth-order valence-corrected chi connectivity index (χ4v) is 2.83. The minimum atomic E-state index is -0.868. The van der Waals surface area contributed by atoms with E-state index >= 15 is 0 Å². The Morgan fingerprint density at radius 3 is 2.47 bits per heavy atom. The summed E-state index contributed by atoms with van der Waals surface area (Å²) in [5, 5.41) is 12.9. The van der Waals surface area contributed by atoms with Crippen molar-refractivity contribution in [1.82, 2.24) is 5.32 Å². The van der Waals surface area contributed by atoms with Gasteiger partial charge >= 0.3 is 5.97 Å². The van der Waals surface area contributed by atoms with Gasteiger partial charge in [-0.15, -0.1) is 12.4 Å². The van der Waals surface area contributed by atoms with Crippen LogP contribution in [0.5, 0.6) is 11.5 Å². The molecule has 0 saturated carbocycles. The van der Waals surface area contributed by atoms with Crippen molar-refractivity contribution in [2.45, 2.75) is 31.7 Å². The van der Waals surface area contributed by atoms with Crippen LogP contribution in [0.15, 0.2) is 48.5 Å². The number of unbranched alkanes of at least 4 members (excludes halogenated alkanes) is 2. The standard InChI is InChI=1S/C22H28N2O5.ClH/c1-28-22(27)19(14-16-8-4-2-5-9-16)24-21(26)18-11-10-17(15-20(18)25)29-13-7-3-6-12-23;/h2,4-5,8-11,15,19,25H,3,6-7,12-14,23H2,1H3,(H,24,26);1H/t19-;/m0./s1. The Morgan fingerprint density at radius 1 is 1.10 bits per heavy atom. The van der Waals surface area contributed by atoms with E-state index in [4.69, 9.17) is 15.2 Å². The minimum Gasteiger partial charge on any atom is -0.507 e. The SMILES string of the molecule is COC(=O)[C@H](Cc1ccccc1)NC(=O)c1ccc(OCCCCCN)cc1O.Cl. The van der Waals surface area contributed by atoms with Gasteiger partial charge in [-0.2, -0.15) is 0 Å². The first-order valence-corrected chi connectivity index (χ1v) is 9.63. The number of hydrogen-bond acceptors (Lipinski definition) is 6. The molecule has 0 aliphatic heterocycles. The molecule has 2 aromatic carbocycles. The highest BCUT2D eigenvalue weighted by Gasteiger charge is 2.24. The summed E-state index contributed by atoms with van der Waals surface area (Å²) in [6.45, 7) is 1.16. The van der Waals surface area contributed by atoms with E-state index in [1.165, 1.54) is 19.2 Å². The monoisotopic (exact) mass is 436 g/mol. The van der Waals surface area contributed by atoms with Crippen LogP contribution in [0.25, 0.3) is 0 Å². The van der Waals surface area contributed by atoms with Gasteiger partial charge in [0.15, 0.2) is 0 Å². The van der Waals surface area contributed by atoms with Crippen molar-refractivity contribution < 1.29 is 24.2 Å². The summed E-state index contributed by atoms with van der Waals surface area (Å²) in [7, 11) is 1.27. The lowest BCUT2D eigenvalue weighted by atomic mass is 10.1. The molecule has 164 valence electrons. The fraction of sp³-hybridized carbons (Fsp3) is 0.364. The van der Waals surface area contributed by atoms with Crippen LogP contribution in [0.2, 0.25) is 0 Å². The zero-order chi connectivity index (χ0) is 21.1. The van der Waals surface area contributed by atoms with Crippen molar-refractivity contribution in [2.24, 2.45) is 5.73 Å². The fourth-order valence-electron chi connectivity index (χ4n) is 2.83. The topological polar surface area (TPSA) is 111 Å². The molecule has 0 fully saturated rings. The van der Waals surface area contributed by atoms with Gasteiger partial charge in [-0.25, -0.2) is 4.79 Å². The maximum absolute atomic E-state index is 12.6. The maximum Gasteiger partial charge on any atom is 0.328 e. The Morgan fingerprint density at radius 2 is 1.83 bits per heavy atom. The second kappa shape index (κ2) is 13.5. The van der Waals surface area contributed by atoms with Crippen molar-refractivity contribution >= 4 is 24.3 Å². The number of ether oxygens (including phenoxy) is 2. The largest absolute Gasteiger partial charge is 0.507 e. The van der Waals surface area contributed by atoms with Crippen molar-refractivity contribution in [3.8, 4) is 11.5 Å². The maximum atomic E-state index is 12.6. The number of carbonyl (C=O) groups is 2. The predicted octanol–water partition coefficient (Wildman–Crippen LogP) is 2.84. The van der Waals surface area contributed by atoms with Gasteiger partial charge in [0, 0.05) is 12.5 Å². The zero-order valence-electron chi connectivity index (χ0n) is 17.0. The number of phenolic OH excluding ortho intramolecular Hbond substituents is 1. The van der Waals surface area contributed by atoms with Gasteiger partial charge in [-0.1, -0.05) is 30.3 Å². The van der Waals surface area contributed by atoms with E-state index < -0.39 is 17.9 Å². The first-order chi connectivity index (χ1) is 14.0. The zero-order valence-corrected chi connectivity index (χ0v) is 17.8. The van der Waals surface area contributed by atoms with Gasteiger partial charge in [-0.05, 0) is 43.5 Å². The molecule has 2 aromatic rings. The van der Waals surface area contributed by atoms with E-state index in [2.05, 4.69) is 5.32 Å². The third kappa shape index (κ3) is 7.93. The Balaban J connectivity index is 0.00000450. The number of amides is 1. The summed E-state index contributed by atoms with van der Waals surface area (Å²) in [5.41, 5.74) is 6.39. The minimum absolute atomic E-state index is 0. The molecule has 0 bridgehead atoms. The van der Waals surface area contributed by atoms with Gasteiger partial charge in [0.25, 0.3) is 5.91 Å². The summed E-state index contributed by atoms with van der Waals surface area (Å²) >= 11 is 0. The van der Waals surface area contributed by atoms with E-state index in [0.717, 1.165) is 24.8 Å². The molecule has 0 saturated heterocycles. The molecule has 0 aliphatic rings. The van der Waals surface area contributed by atoms with Crippen LogP contribution < -0.4 is 15.8 Å². The van der Waals surface area contributed by atoms with E-state index in [1.54, 1.807) is 6.07 Å². The highest BCUT2D eigenvalue weighted by molar-refractivity contribution is 5.99. The molecule has 0 spiro atoms. The molecule has 0 radical (unpaired) electrons. The van der Waals surface area contributed by atoms with Crippen molar-refractivity contribution in [2.75, 3.05) is 20.3 Å². The number of esters is 1. The molecule has 7 nitrogen and oxygen atoms in total. The molecule has 1 atom stereocenters. The van der Waals surface area contributed by atoms with Crippen molar-refractivity contribution in [3.05, 3.63) is 59.7 Å². The summed E-state index contributed by atoms with van der Waals surface area (Å²) in [6.07, 6.45) is 3.06. The number of rotatable bonds is 11. The van der Waals surface area contributed by atoms with Crippen molar-refractivity contribution in [3.63, 3.8) is 0 Å². The van der Waals surface area contributed by atoms with Crippen molar-refractivity contribution in [1.29, 1.82) is 0 Å². The Bertz CT molecular complexity index is 801. The van der Waals surface area contributed by atoms with Gasteiger partial charge in [0.05, 0.1) is 19.3 Å². The molecular formula is C22H29ClN2O5. The van der Waals surface area contributed by atoms with Crippen LogP contribution in [0, 0.1) is 0 Å². The molecule has 8 heteroatoms. The number of hydrogen-bond donors (Lipinski definition) is 3. The van der Waals surface area contributed by atoms with Crippen LogP contribution in [-0.4, -0.2) is 43.3 Å². The van der Waals surface area contributed by atoms with Gasteiger partial charge < -0.3 is 25.6 Å². The predicted molar refractivity (Wildman–Crippen MR) is 117 cm³/mol. The number of aromatic hydroxyl groups is 1. The first kappa shape index (κ1) is 25.3. The van der Waals surface area contributed by atoms with Gasteiger partial charge in [0.2, 0.25) is 0 Å². The number of benzene rings is 2. The average molecular weight is 437 g/mol. The molecular weight excluding hydrogens is 408 g/mol. The third-order valence-electron chi connectivity index (χ3n) is 4.40. The molecule has 0 heterocycles. The second-order valence-corrected chi connectivity index (χ2v) is 6.62. The third-order valence-corrected chi connectivity index (χ3v) is 4.40. The second-order valence-electron chi connectivity index (χ2n) is 6.62. The number of nitrogens with one attached hydrogen (secondary N) is 1. The smallest absolute Gasteiger partial charge is 0.328 e. The molecule has 0 aromatic heterocycles. The highest BCUT2D eigenvalue weighted by atomic mass is 35.5. The number of phenols is 1. The van der Waals surface area contributed by atoms with Crippen LogP contribution in [0.1, 0.15) is 35.2 Å².